The van der Waals surface area contributed by atoms with Crippen LogP contribution in [-0.4, -0.2) is 41.0 Å². The van der Waals surface area contributed by atoms with E-state index in [1.54, 1.807) is 0 Å². The van der Waals surface area contributed by atoms with Crippen molar-refractivity contribution in [3.05, 3.63) is 46.3 Å². The van der Waals surface area contributed by atoms with E-state index < -0.39 is 12.0 Å². The molecule has 7 nitrogen and oxygen atoms in total. The second-order valence-corrected chi connectivity index (χ2v) is 5.41. The summed E-state index contributed by atoms with van der Waals surface area (Å²) in [6.45, 7) is 0.563. The number of carboxylic acids is 1. The quantitative estimate of drug-likeness (QED) is 0.474. The first-order valence-electron chi connectivity index (χ1n) is 7.19. The number of amides is 1. The number of aryl methyl sites for hydroxylation is 1. The molecule has 1 amide bonds. The van der Waals surface area contributed by atoms with Gasteiger partial charge in [-0.2, -0.15) is 0 Å². The summed E-state index contributed by atoms with van der Waals surface area (Å²) >= 11 is 0. The standard InChI is InChI=1S/C15H18N4O3/c16-18-17-9-12-8-14(20)19(10-12)13(15(21)22)7-6-11-4-2-1-3-5-11/h1-5,12-13H,6-10H2,(H,21,22)/t12?,13-/m0/s1. The Kier molecular flexibility index (Phi) is 5.38. The molecule has 2 atom stereocenters. The number of aliphatic carboxylic acids is 1. The maximum atomic E-state index is 12.0. The molecule has 0 aromatic heterocycles. The number of carboxylic acid groups (broad SMARTS) is 1. The van der Waals surface area contributed by atoms with Crippen LogP contribution in [0.4, 0.5) is 0 Å². The predicted molar refractivity (Wildman–Crippen MR) is 80.0 cm³/mol. The lowest BCUT2D eigenvalue weighted by molar-refractivity contribution is -0.148. The van der Waals surface area contributed by atoms with Gasteiger partial charge in [0.2, 0.25) is 5.91 Å². The van der Waals surface area contributed by atoms with Gasteiger partial charge >= 0.3 is 5.97 Å². The summed E-state index contributed by atoms with van der Waals surface area (Å²) < 4.78 is 0. The molecule has 0 bridgehead atoms. The molecule has 1 fully saturated rings. The van der Waals surface area contributed by atoms with Crippen molar-refractivity contribution >= 4 is 11.9 Å². The van der Waals surface area contributed by atoms with E-state index in [1.165, 1.54) is 4.90 Å². The molecule has 2 rings (SSSR count). The molecule has 1 unspecified atom stereocenters. The highest BCUT2D eigenvalue weighted by atomic mass is 16.4. The van der Waals surface area contributed by atoms with Crippen molar-refractivity contribution in [3.8, 4) is 0 Å². The van der Waals surface area contributed by atoms with Crippen molar-refractivity contribution in [1.29, 1.82) is 0 Å². The first kappa shape index (κ1) is 15.9. The number of likely N-dealkylation sites (tertiary alicyclic amines) is 1. The molecule has 1 aliphatic heterocycles. The summed E-state index contributed by atoms with van der Waals surface area (Å²) in [5.74, 6) is -1.27. The van der Waals surface area contributed by atoms with Crippen LogP contribution in [0.2, 0.25) is 0 Å². The van der Waals surface area contributed by atoms with E-state index in [0.29, 0.717) is 19.4 Å². The molecule has 22 heavy (non-hydrogen) atoms. The highest BCUT2D eigenvalue weighted by Gasteiger charge is 2.37. The molecule has 116 valence electrons. The number of carbonyl (C=O) groups is 2. The molecular formula is C15H18N4O3. The molecule has 1 aromatic rings. The lowest BCUT2D eigenvalue weighted by Crippen LogP contribution is -2.42. The van der Waals surface area contributed by atoms with Gasteiger partial charge in [0, 0.05) is 24.4 Å². The zero-order chi connectivity index (χ0) is 15.9. The number of hydrogen-bond acceptors (Lipinski definition) is 3. The van der Waals surface area contributed by atoms with Crippen LogP contribution in [0.3, 0.4) is 0 Å². The van der Waals surface area contributed by atoms with Gasteiger partial charge in [-0.3, -0.25) is 4.79 Å². The minimum Gasteiger partial charge on any atom is -0.480 e. The molecule has 1 aliphatic rings. The van der Waals surface area contributed by atoms with Gasteiger partial charge in [-0.05, 0) is 29.9 Å². The topological polar surface area (TPSA) is 106 Å². The van der Waals surface area contributed by atoms with E-state index in [0.717, 1.165) is 5.56 Å². The van der Waals surface area contributed by atoms with Gasteiger partial charge in [-0.1, -0.05) is 35.4 Å². The van der Waals surface area contributed by atoms with Gasteiger partial charge < -0.3 is 10.0 Å². The van der Waals surface area contributed by atoms with Gasteiger partial charge in [-0.15, -0.1) is 0 Å². The largest absolute Gasteiger partial charge is 0.480 e. The smallest absolute Gasteiger partial charge is 0.326 e. The maximum Gasteiger partial charge on any atom is 0.326 e. The van der Waals surface area contributed by atoms with E-state index in [-0.39, 0.29) is 24.8 Å². The van der Waals surface area contributed by atoms with E-state index >= 15 is 0 Å². The molecule has 1 heterocycles. The molecule has 0 radical (unpaired) electrons. The Balaban J connectivity index is 2.00. The van der Waals surface area contributed by atoms with Crippen LogP contribution in [0.5, 0.6) is 0 Å². The lowest BCUT2D eigenvalue weighted by atomic mass is 10.0. The minimum absolute atomic E-state index is 0.0954. The number of benzene rings is 1. The summed E-state index contributed by atoms with van der Waals surface area (Å²) in [6, 6.07) is 8.76. The van der Waals surface area contributed by atoms with Gasteiger partial charge in [0.05, 0.1) is 0 Å². The van der Waals surface area contributed by atoms with E-state index in [9.17, 15) is 14.7 Å². The monoisotopic (exact) mass is 302 g/mol. The van der Waals surface area contributed by atoms with Gasteiger partial charge in [0.15, 0.2) is 0 Å². The van der Waals surface area contributed by atoms with E-state index in [1.807, 2.05) is 30.3 Å². The zero-order valence-corrected chi connectivity index (χ0v) is 12.1. The summed E-state index contributed by atoms with van der Waals surface area (Å²) in [4.78, 5) is 27.6. The van der Waals surface area contributed by atoms with Gasteiger partial charge in [0.1, 0.15) is 6.04 Å². The zero-order valence-electron chi connectivity index (χ0n) is 12.1. The summed E-state index contributed by atoms with van der Waals surface area (Å²) in [7, 11) is 0. The first-order valence-corrected chi connectivity index (χ1v) is 7.19. The number of rotatable bonds is 7. The Labute approximate surface area is 128 Å². The van der Waals surface area contributed by atoms with Crippen LogP contribution < -0.4 is 0 Å². The Morgan fingerprint density at radius 1 is 1.45 bits per heavy atom. The molecule has 1 aromatic carbocycles. The third-order valence-corrected chi connectivity index (χ3v) is 3.85. The van der Waals surface area contributed by atoms with Crippen LogP contribution in [0, 0.1) is 5.92 Å². The molecular weight excluding hydrogens is 284 g/mol. The first-order chi connectivity index (χ1) is 10.6. The molecule has 1 saturated heterocycles. The average Bonchev–Trinajstić information content (AvgIpc) is 2.87. The third kappa shape index (κ3) is 3.99. The Hall–Kier alpha value is -2.53. The van der Waals surface area contributed by atoms with Crippen molar-refractivity contribution in [2.75, 3.05) is 13.1 Å². The van der Waals surface area contributed by atoms with Gasteiger partial charge in [0.25, 0.3) is 0 Å². The van der Waals surface area contributed by atoms with Crippen LogP contribution in [0.25, 0.3) is 10.4 Å². The highest BCUT2D eigenvalue weighted by Crippen LogP contribution is 2.23. The average molecular weight is 302 g/mol. The van der Waals surface area contributed by atoms with Crippen molar-refractivity contribution < 1.29 is 14.7 Å². The van der Waals surface area contributed by atoms with E-state index in [2.05, 4.69) is 10.0 Å². The Bertz CT molecular complexity index is 584. The van der Waals surface area contributed by atoms with Crippen molar-refractivity contribution in [2.24, 2.45) is 11.0 Å². The van der Waals surface area contributed by atoms with Crippen LogP contribution in [0.1, 0.15) is 18.4 Å². The third-order valence-electron chi connectivity index (χ3n) is 3.85. The second kappa shape index (κ2) is 7.47. The summed E-state index contributed by atoms with van der Waals surface area (Å²) in [5.41, 5.74) is 9.38. The van der Waals surface area contributed by atoms with Gasteiger partial charge in [-0.25, -0.2) is 4.79 Å². The number of carbonyl (C=O) groups excluding carboxylic acids is 1. The molecule has 0 spiro atoms. The highest BCUT2D eigenvalue weighted by molar-refractivity contribution is 5.85. The Morgan fingerprint density at radius 3 is 2.82 bits per heavy atom. The van der Waals surface area contributed by atoms with Crippen LogP contribution >= 0.6 is 0 Å². The normalized spacial score (nSPS) is 18.8. The molecule has 7 heteroatoms. The SMILES string of the molecule is [N-]=[N+]=NCC1CC(=O)N([C@@H](CCc2ccccc2)C(=O)O)C1. The molecule has 0 aliphatic carbocycles. The fourth-order valence-electron chi connectivity index (χ4n) is 2.74. The van der Waals surface area contributed by atoms with Crippen molar-refractivity contribution in [2.45, 2.75) is 25.3 Å². The fourth-order valence-corrected chi connectivity index (χ4v) is 2.74. The number of hydrogen-bond donors (Lipinski definition) is 1. The Morgan fingerprint density at radius 2 is 2.18 bits per heavy atom. The van der Waals surface area contributed by atoms with Crippen LogP contribution in [0.15, 0.2) is 35.4 Å². The van der Waals surface area contributed by atoms with Crippen LogP contribution in [-0.2, 0) is 16.0 Å². The second-order valence-electron chi connectivity index (χ2n) is 5.41. The van der Waals surface area contributed by atoms with Crippen molar-refractivity contribution in [3.63, 3.8) is 0 Å². The lowest BCUT2D eigenvalue weighted by Gasteiger charge is -2.24. The summed E-state index contributed by atoms with van der Waals surface area (Å²) in [6.07, 6.45) is 1.22. The predicted octanol–water partition coefficient (Wildman–Crippen LogP) is 2.23. The number of nitrogens with zero attached hydrogens (tertiary/aromatic N) is 4. The molecule has 0 saturated carbocycles. The summed E-state index contributed by atoms with van der Waals surface area (Å²) in [5, 5.41) is 12.9. The fraction of sp³-hybridized carbons (Fsp3) is 0.467. The van der Waals surface area contributed by atoms with Crippen molar-refractivity contribution in [1.82, 2.24) is 4.90 Å². The maximum absolute atomic E-state index is 12.0. The van der Waals surface area contributed by atoms with E-state index in [4.69, 9.17) is 5.53 Å². The molecule has 1 N–H and O–H groups in total. The minimum atomic E-state index is -0.992. The number of azide groups is 1.